The Morgan fingerprint density at radius 1 is 1.10 bits per heavy atom. The van der Waals surface area contributed by atoms with Gasteiger partial charge in [-0.05, 0) is 55.3 Å². The molecule has 0 heterocycles. The monoisotopic (exact) mass is 340 g/mol. The molecule has 0 radical (unpaired) electrons. The van der Waals surface area contributed by atoms with Crippen LogP contribution in [0.25, 0.3) is 0 Å². The molecule has 2 aromatic rings. The van der Waals surface area contributed by atoms with Gasteiger partial charge in [0.1, 0.15) is 0 Å². The second-order valence-electron chi connectivity index (χ2n) is 4.69. The molecule has 0 saturated heterocycles. The Balaban J connectivity index is 2.45. The smallest absolute Gasteiger partial charge is 0.265 e. The van der Waals surface area contributed by atoms with Crippen molar-refractivity contribution in [3.63, 3.8) is 0 Å². The predicted molar refractivity (Wildman–Crippen MR) is 82.7 cm³/mol. The lowest BCUT2D eigenvalue weighted by molar-refractivity contribution is 0.152. The standard InChI is InChI=1S/C15H15BrF2N2/c1-8-5-10(16)6-9(2)14(8)20-13-4-3-11(19)7-12(13)15(17)18/h3-7,15,20H,19H2,1-2H3. The summed E-state index contributed by atoms with van der Waals surface area (Å²) >= 11 is 3.42. The van der Waals surface area contributed by atoms with Gasteiger partial charge in [0.2, 0.25) is 0 Å². The molecule has 5 heteroatoms. The number of aryl methyl sites for hydroxylation is 2. The van der Waals surface area contributed by atoms with Crippen molar-refractivity contribution in [1.29, 1.82) is 0 Å². The van der Waals surface area contributed by atoms with E-state index in [4.69, 9.17) is 5.73 Å². The number of nitrogens with two attached hydrogens (primary N) is 1. The van der Waals surface area contributed by atoms with Crippen LogP contribution in [0.5, 0.6) is 0 Å². The minimum atomic E-state index is -2.57. The number of hydrogen-bond donors (Lipinski definition) is 2. The first-order chi connectivity index (χ1) is 9.38. The maximum absolute atomic E-state index is 13.1. The average molecular weight is 341 g/mol. The molecule has 0 aliphatic carbocycles. The Bertz CT molecular complexity index is 619. The van der Waals surface area contributed by atoms with E-state index in [0.29, 0.717) is 11.4 Å². The highest BCUT2D eigenvalue weighted by Gasteiger charge is 2.15. The lowest BCUT2D eigenvalue weighted by Gasteiger charge is -2.16. The van der Waals surface area contributed by atoms with Crippen LogP contribution in [0.15, 0.2) is 34.8 Å². The Hall–Kier alpha value is -1.62. The SMILES string of the molecule is Cc1cc(Br)cc(C)c1Nc1ccc(N)cc1C(F)F. The van der Waals surface area contributed by atoms with Crippen LogP contribution >= 0.6 is 15.9 Å². The van der Waals surface area contributed by atoms with Crippen molar-refractivity contribution in [3.8, 4) is 0 Å². The van der Waals surface area contributed by atoms with Crippen molar-refractivity contribution < 1.29 is 8.78 Å². The summed E-state index contributed by atoms with van der Waals surface area (Å²) in [5, 5.41) is 3.09. The summed E-state index contributed by atoms with van der Waals surface area (Å²) in [6.07, 6.45) is -2.57. The van der Waals surface area contributed by atoms with E-state index in [2.05, 4.69) is 21.2 Å². The van der Waals surface area contributed by atoms with Gasteiger partial charge in [0.25, 0.3) is 6.43 Å². The number of anilines is 3. The Morgan fingerprint density at radius 3 is 2.25 bits per heavy atom. The number of hydrogen-bond acceptors (Lipinski definition) is 2. The molecule has 2 nitrogen and oxygen atoms in total. The zero-order chi connectivity index (χ0) is 14.9. The Labute approximate surface area is 125 Å². The quantitative estimate of drug-likeness (QED) is 0.741. The van der Waals surface area contributed by atoms with Crippen LogP contribution in [0.4, 0.5) is 25.8 Å². The third-order valence-electron chi connectivity index (χ3n) is 3.07. The lowest BCUT2D eigenvalue weighted by atomic mass is 10.1. The minimum absolute atomic E-state index is 0.0910. The van der Waals surface area contributed by atoms with Gasteiger partial charge in [-0.15, -0.1) is 0 Å². The molecule has 0 atom stereocenters. The van der Waals surface area contributed by atoms with Crippen LogP contribution in [-0.2, 0) is 0 Å². The van der Waals surface area contributed by atoms with E-state index in [-0.39, 0.29) is 5.56 Å². The number of benzene rings is 2. The summed E-state index contributed by atoms with van der Waals surface area (Å²) in [5.74, 6) is 0. The Morgan fingerprint density at radius 2 is 1.70 bits per heavy atom. The first-order valence-corrected chi connectivity index (χ1v) is 6.89. The van der Waals surface area contributed by atoms with Crippen molar-refractivity contribution in [2.75, 3.05) is 11.1 Å². The molecule has 0 fully saturated rings. The van der Waals surface area contributed by atoms with Crippen LogP contribution in [0.1, 0.15) is 23.1 Å². The molecule has 0 unspecified atom stereocenters. The van der Waals surface area contributed by atoms with Gasteiger partial charge in [0, 0.05) is 27.1 Å². The second-order valence-corrected chi connectivity index (χ2v) is 5.60. The summed E-state index contributed by atoms with van der Waals surface area (Å²) in [7, 11) is 0. The number of halogens is 3. The highest BCUT2D eigenvalue weighted by Crippen LogP contribution is 2.34. The van der Waals surface area contributed by atoms with Gasteiger partial charge < -0.3 is 11.1 Å². The predicted octanol–water partition coefficient (Wildman–Crippen LogP) is 5.33. The van der Waals surface area contributed by atoms with Gasteiger partial charge in [0.05, 0.1) is 0 Å². The molecule has 0 aliphatic rings. The van der Waals surface area contributed by atoms with Crippen LogP contribution < -0.4 is 11.1 Å². The molecule has 3 N–H and O–H groups in total. The molecule has 0 aliphatic heterocycles. The molecule has 0 amide bonds. The van der Waals surface area contributed by atoms with Crippen LogP contribution in [0.3, 0.4) is 0 Å². The lowest BCUT2D eigenvalue weighted by Crippen LogP contribution is -2.01. The zero-order valence-corrected chi connectivity index (χ0v) is 12.8. The molecule has 106 valence electrons. The van der Waals surface area contributed by atoms with E-state index >= 15 is 0 Å². The third-order valence-corrected chi connectivity index (χ3v) is 3.53. The highest BCUT2D eigenvalue weighted by atomic mass is 79.9. The average Bonchev–Trinajstić information content (AvgIpc) is 2.34. The fourth-order valence-electron chi connectivity index (χ4n) is 2.12. The zero-order valence-electron chi connectivity index (χ0n) is 11.2. The molecule has 0 bridgehead atoms. The summed E-state index contributed by atoms with van der Waals surface area (Å²) in [5.41, 5.74) is 8.98. The van der Waals surface area contributed by atoms with Crippen molar-refractivity contribution in [2.24, 2.45) is 0 Å². The van der Waals surface area contributed by atoms with E-state index < -0.39 is 6.43 Å². The minimum Gasteiger partial charge on any atom is -0.399 e. The van der Waals surface area contributed by atoms with Gasteiger partial charge in [-0.3, -0.25) is 0 Å². The van der Waals surface area contributed by atoms with Crippen molar-refractivity contribution in [1.82, 2.24) is 0 Å². The molecular formula is C15H15BrF2N2. The fraction of sp³-hybridized carbons (Fsp3) is 0.200. The van der Waals surface area contributed by atoms with Crippen molar-refractivity contribution >= 4 is 33.0 Å². The maximum Gasteiger partial charge on any atom is 0.265 e. The summed E-state index contributed by atoms with van der Waals surface area (Å²) in [6.45, 7) is 3.86. The maximum atomic E-state index is 13.1. The summed E-state index contributed by atoms with van der Waals surface area (Å²) in [6, 6.07) is 8.37. The second kappa shape index (κ2) is 5.79. The Kier molecular flexibility index (Phi) is 4.28. The molecular weight excluding hydrogens is 326 g/mol. The van der Waals surface area contributed by atoms with E-state index in [9.17, 15) is 8.78 Å². The van der Waals surface area contributed by atoms with Gasteiger partial charge >= 0.3 is 0 Å². The number of nitrogen functional groups attached to an aromatic ring is 1. The highest BCUT2D eigenvalue weighted by molar-refractivity contribution is 9.10. The van der Waals surface area contributed by atoms with Crippen LogP contribution in [0, 0.1) is 13.8 Å². The first-order valence-electron chi connectivity index (χ1n) is 6.10. The van der Waals surface area contributed by atoms with Crippen molar-refractivity contribution in [3.05, 3.63) is 51.5 Å². The van der Waals surface area contributed by atoms with Crippen molar-refractivity contribution in [2.45, 2.75) is 20.3 Å². The van der Waals surface area contributed by atoms with Gasteiger partial charge in [-0.2, -0.15) is 0 Å². The molecule has 0 aromatic heterocycles. The van der Waals surface area contributed by atoms with Gasteiger partial charge in [0.15, 0.2) is 0 Å². The summed E-state index contributed by atoms with van der Waals surface area (Å²) < 4.78 is 27.1. The van der Waals surface area contributed by atoms with E-state index in [0.717, 1.165) is 21.3 Å². The molecule has 20 heavy (non-hydrogen) atoms. The van der Waals surface area contributed by atoms with E-state index in [1.54, 1.807) is 12.1 Å². The van der Waals surface area contributed by atoms with Gasteiger partial charge in [-0.1, -0.05) is 15.9 Å². The molecule has 2 aromatic carbocycles. The summed E-state index contributed by atoms with van der Waals surface area (Å²) in [4.78, 5) is 0. The van der Waals surface area contributed by atoms with Gasteiger partial charge in [-0.25, -0.2) is 8.78 Å². The topological polar surface area (TPSA) is 38.0 Å². The van der Waals surface area contributed by atoms with Crippen LogP contribution in [0.2, 0.25) is 0 Å². The first kappa shape index (κ1) is 14.8. The number of alkyl halides is 2. The molecule has 2 rings (SSSR count). The third kappa shape index (κ3) is 3.10. The fourth-order valence-corrected chi connectivity index (χ4v) is 2.80. The molecule has 0 spiro atoms. The van der Waals surface area contributed by atoms with E-state index in [1.807, 2.05) is 26.0 Å². The van der Waals surface area contributed by atoms with Crippen LogP contribution in [-0.4, -0.2) is 0 Å². The van der Waals surface area contributed by atoms with E-state index in [1.165, 1.54) is 6.07 Å². The number of nitrogens with one attached hydrogen (secondary N) is 1. The molecule has 0 saturated carbocycles. The number of rotatable bonds is 3. The normalized spacial score (nSPS) is 10.9. The largest absolute Gasteiger partial charge is 0.399 e.